The molecule has 0 bridgehead atoms. The van der Waals surface area contributed by atoms with Crippen LogP contribution in [0.3, 0.4) is 0 Å². The lowest BCUT2D eigenvalue weighted by atomic mass is 10.3. The normalized spacial score (nSPS) is 11.0. The first-order chi connectivity index (χ1) is 11.9. The van der Waals surface area contributed by atoms with Crippen LogP contribution < -0.4 is 13.8 Å². The van der Waals surface area contributed by atoms with Crippen molar-refractivity contribution in [1.82, 2.24) is 0 Å². The van der Waals surface area contributed by atoms with Gasteiger partial charge < -0.3 is 9.47 Å². The van der Waals surface area contributed by atoms with Crippen molar-refractivity contribution < 1.29 is 17.9 Å². The molecule has 0 radical (unpaired) electrons. The van der Waals surface area contributed by atoms with Crippen molar-refractivity contribution in [2.75, 3.05) is 24.6 Å². The Morgan fingerprint density at radius 1 is 1.20 bits per heavy atom. The highest BCUT2D eigenvalue weighted by Gasteiger charge is 2.24. The number of hydrogen-bond donors (Lipinski definition) is 0. The number of methoxy groups -OCH3 is 1. The Morgan fingerprint density at radius 3 is 2.40 bits per heavy atom. The minimum Gasteiger partial charge on any atom is -0.496 e. The predicted molar refractivity (Wildman–Crippen MR) is 103 cm³/mol. The van der Waals surface area contributed by atoms with E-state index in [-0.39, 0.29) is 4.90 Å². The lowest BCUT2D eigenvalue weighted by Gasteiger charge is -2.23. The molecule has 25 heavy (non-hydrogen) atoms. The van der Waals surface area contributed by atoms with E-state index in [0.29, 0.717) is 34.8 Å². The Kier molecular flexibility index (Phi) is 6.50. The van der Waals surface area contributed by atoms with E-state index in [1.807, 2.05) is 0 Å². The molecule has 2 rings (SSSR count). The quantitative estimate of drug-likeness (QED) is 0.593. The molecular weight excluding hydrogens is 406 g/mol. The summed E-state index contributed by atoms with van der Waals surface area (Å²) in [6.07, 6.45) is 1.65. The van der Waals surface area contributed by atoms with Crippen LogP contribution in [0.5, 0.6) is 11.5 Å². The summed E-state index contributed by atoms with van der Waals surface area (Å²) in [5, 5.41) is 0. The van der Waals surface area contributed by atoms with Gasteiger partial charge in [-0.3, -0.25) is 4.31 Å². The standard InChI is InChI=1S/C18H20BrNO4S/c1-4-12-24-15-8-6-14(7-9-15)20(5-2)25(21,22)16-10-11-18(23-3)17(19)13-16/h4,6-11,13H,1,5,12H2,2-3H3. The second kappa shape index (κ2) is 8.40. The maximum absolute atomic E-state index is 13.0. The number of rotatable bonds is 8. The van der Waals surface area contributed by atoms with E-state index in [1.54, 1.807) is 49.4 Å². The molecule has 2 aromatic rings. The number of hydrogen-bond acceptors (Lipinski definition) is 4. The molecule has 0 amide bonds. The van der Waals surface area contributed by atoms with Gasteiger partial charge in [-0.2, -0.15) is 0 Å². The topological polar surface area (TPSA) is 55.8 Å². The molecule has 0 aliphatic carbocycles. The first-order valence-corrected chi connectivity index (χ1v) is 9.87. The van der Waals surface area contributed by atoms with Crippen LogP contribution in [0.4, 0.5) is 5.69 Å². The molecule has 0 aliphatic heterocycles. The fraction of sp³-hybridized carbons (Fsp3) is 0.222. The van der Waals surface area contributed by atoms with Crippen molar-refractivity contribution in [1.29, 1.82) is 0 Å². The largest absolute Gasteiger partial charge is 0.496 e. The Labute approximate surface area is 157 Å². The van der Waals surface area contributed by atoms with Crippen LogP contribution in [0.15, 0.2) is 64.5 Å². The average molecular weight is 426 g/mol. The molecule has 0 N–H and O–H groups in total. The van der Waals surface area contributed by atoms with Crippen molar-refractivity contribution in [2.24, 2.45) is 0 Å². The van der Waals surface area contributed by atoms with Gasteiger partial charge in [-0.1, -0.05) is 12.7 Å². The highest BCUT2D eigenvalue weighted by atomic mass is 79.9. The molecule has 0 saturated heterocycles. The highest BCUT2D eigenvalue weighted by Crippen LogP contribution is 2.31. The van der Waals surface area contributed by atoms with Gasteiger partial charge >= 0.3 is 0 Å². The smallest absolute Gasteiger partial charge is 0.264 e. The SMILES string of the molecule is C=CCOc1ccc(N(CC)S(=O)(=O)c2ccc(OC)c(Br)c2)cc1. The summed E-state index contributed by atoms with van der Waals surface area (Å²) in [6.45, 7) is 6.09. The zero-order valence-electron chi connectivity index (χ0n) is 14.1. The molecule has 0 saturated carbocycles. The lowest BCUT2D eigenvalue weighted by Crippen LogP contribution is -2.30. The zero-order valence-corrected chi connectivity index (χ0v) is 16.5. The number of sulfonamides is 1. The molecule has 0 fully saturated rings. The second-order valence-electron chi connectivity index (χ2n) is 5.06. The van der Waals surface area contributed by atoms with E-state index < -0.39 is 10.0 Å². The summed E-state index contributed by atoms with van der Waals surface area (Å²) in [5.41, 5.74) is 0.570. The monoisotopic (exact) mass is 425 g/mol. The van der Waals surface area contributed by atoms with Gasteiger partial charge in [0.1, 0.15) is 18.1 Å². The maximum Gasteiger partial charge on any atom is 0.264 e. The van der Waals surface area contributed by atoms with Gasteiger partial charge in [-0.25, -0.2) is 8.42 Å². The van der Waals surface area contributed by atoms with Gasteiger partial charge in [0, 0.05) is 6.54 Å². The van der Waals surface area contributed by atoms with Crippen LogP contribution in [-0.2, 0) is 10.0 Å². The van der Waals surface area contributed by atoms with Crippen molar-refractivity contribution in [3.05, 3.63) is 59.6 Å². The molecular formula is C18H20BrNO4S. The third kappa shape index (κ3) is 4.35. The summed E-state index contributed by atoms with van der Waals surface area (Å²) in [6, 6.07) is 11.6. The molecule has 0 atom stereocenters. The minimum atomic E-state index is -3.69. The molecule has 0 aromatic heterocycles. The zero-order chi connectivity index (χ0) is 18.4. The van der Waals surface area contributed by atoms with Crippen molar-refractivity contribution in [2.45, 2.75) is 11.8 Å². The average Bonchev–Trinajstić information content (AvgIpc) is 2.61. The summed E-state index contributed by atoms with van der Waals surface area (Å²) in [4.78, 5) is 0.189. The summed E-state index contributed by atoms with van der Waals surface area (Å²) in [5.74, 6) is 1.23. The number of ether oxygens (including phenoxy) is 2. The molecule has 0 spiro atoms. The molecule has 0 unspecified atom stereocenters. The Morgan fingerprint density at radius 2 is 1.88 bits per heavy atom. The summed E-state index contributed by atoms with van der Waals surface area (Å²) >= 11 is 3.33. The van der Waals surface area contributed by atoms with Crippen molar-refractivity contribution in [3.8, 4) is 11.5 Å². The first-order valence-electron chi connectivity index (χ1n) is 7.64. The molecule has 134 valence electrons. The number of anilines is 1. The first kappa shape index (κ1) is 19.3. The summed E-state index contributed by atoms with van der Waals surface area (Å²) in [7, 11) is -2.16. The van der Waals surface area contributed by atoms with Gasteiger partial charge in [0.2, 0.25) is 0 Å². The molecule has 2 aromatic carbocycles. The molecule has 7 heteroatoms. The molecule has 0 aliphatic rings. The van der Waals surface area contributed by atoms with Crippen molar-refractivity contribution >= 4 is 31.6 Å². The van der Waals surface area contributed by atoms with E-state index in [0.717, 1.165) is 0 Å². The van der Waals surface area contributed by atoms with Crippen LogP contribution in [0, 0.1) is 0 Å². The minimum absolute atomic E-state index is 0.189. The van der Waals surface area contributed by atoms with Gasteiger partial charge in [-0.15, -0.1) is 0 Å². The van der Waals surface area contributed by atoms with Gasteiger partial charge in [0.25, 0.3) is 10.0 Å². The Bertz CT molecular complexity index is 835. The number of halogens is 1. The maximum atomic E-state index is 13.0. The Hall–Kier alpha value is -1.99. The van der Waals surface area contributed by atoms with E-state index >= 15 is 0 Å². The predicted octanol–water partition coefficient (Wildman–Crippen LogP) is 4.24. The van der Waals surface area contributed by atoms with E-state index in [1.165, 1.54) is 17.5 Å². The van der Waals surface area contributed by atoms with E-state index in [2.05, 4.69) is 22.5 Å². The number of benzene rings is 2. The van der Waals surface area contributed by atoms with Crippen LogP contribution in [-0.4, -0.2) is 28.7 Å². The third-order valence-electron chi connectivity index (χ3n) is 3.49. The fourth-order valence-electron chi connectivity index (χ4n) is 2.29. The van der Waals surface area contributed by atoms with Crippen molar-refractivity contribution in [3.63, 3.8) is 0 Å². The Balaban J connectivity index is 2.35. The molecule has 5 nitrogen and oxygen atoms in total. The summed E-state index contributed by atoms with van der Waals surface area (Å²) < 4.78 is 38.5. The number of nitrogens with zero attached hydrogens (tertiary/aromatic N) is 1. The van der Waals surface area contributed by atoms with Crippen LogP contribution in [0.1, 0.15) is 6.92 Å². The van der Waals surface area contributed by atoms with E-state index in [4.69, 9.17) is 9.47 Å². The third-order valence-corrected chi connectivity index (χ3v) is 6.01. The molecule has 0 heterocycles. The lowest BCUT2D eigenvalue weighted by molar-refractivity contribution is 0.363. The van der Waals surface area contributed by atoms with Gasteiger partial charge in [-0.05, 0) is 65.3 Å². The van der Waals surface area contributed by atoms with Crippen LogP contribution >= 0.6 is 15.9 Å². The highest BCUT2D eigenvalue weighted by molar-refractivity contribution is 9.10. The fourth-order valence-corrected chi connectivity index (χ4v) is 4.48. The van der Waals surface area contributed by atoms with E-state index in [9.17, 15) is 8.42 Å². The van der Waals surface area contributed by atoms with Crippen LogP contribution in [0.2, 0.25) is 0 Å². The second-order valence-corrected chi connectivity index (χ2v) is 7.78. The van der Waals surface area contributed by atoms with Gasteiger partial charge in [0.15, 0.2) is 0 Å². The van der Waals surface area contributed by atoms with Crippen LogP contribution in [0.25, 0.3) is 0 Å². The van der Waals surface area contributed by atoms with Gasteiger partial charge in [0.05, 0.1) is 22.2 Å².